The molecule has 14 heavy (non-hydrogen) atoms. The fraction of sp³-hybridized carbons (Fsp3) is 0.455. The summed E-state index contributed by atoms with van der Waals surface area (Å²) in [5.41, 5.74) is 2.84. The summed E-state index contributed by atoms with van der Waals surface area (Å²) in [5, 5.41) is 9.99. The van der Waals surface area contributed by atoms with E-state index < -0.39 is 5.97 Å². The molecule has 0 atom stereocenters. The van der Waals surface area contributed by atoms with Gasteiger partial charge in [0.25, 0.3) is 0 Å². The molecule has 1 aliphatic rings. The zero-order valence-electron chi connectivity index (χ0n) is 8.41. The summed E-state index contributed by atoms with van der Waals surface area (Å²) >= 11 is 0. The normalized spacial score (nSPS) is 19.9. The van der Waals surface area contributed by atoms with Crippen LogP contribution in [0.5, 0.6) is 0 Å². The number of aryl methyl sites for hydroxylation is 2. The van der Waals surface area contributed by atoms with Crippen LogP contribution in [0.4, 0.5) is 0 Å². The van der Waals surface area contributed by atoms with E-state index >= 15 is 0 Å². The van der Waals surface area contributed by atoms with E-state index in [4.69, 9.17) is 9.47 Å². The summed E-state index contributed by atoms with van der Waals surface area (Å²) in [6, 6.07) is 5.78. The van der Waals surface area contributed by atoms with Gasteiger partial charge in [-0.25, -0.2) is 0 Å². The van der Waals surface area contributed by atoms with Gasteiger partial charge in [-0.05, 0) is 19.4 Å². The number of hydrogen-bond donors (Lipinski definition) is 1. The number of hydrogen-bond acceptors (Lipinski definition) is 3. The number of ether oxygens (including phenoxy) is 2. The maximum Gasteiger partial charge on any atom is 0.309 e. The second-order valence-electron chi connectivity index (χ2n) is 3.60. The molecule has 0 bridgehead atoms. The Morgan fingerprint density at radius 3 is 2.43 bits per heavy atom. The summed E-state index contributed by atoms with van der Waals surface area (Å²) in [5.74, 6) is -1.53. The minimum absolute atomic E-state index is 0.434. The molecular formula is C11H14O3. The van der Waals surface area contributed by atoms with Crippen molar-refractivity contribution in [1.29, 1.82) is 0 Å². The Morgan fingerprint density at radius 1 is 1.21 bits per heavy atom. The van der Waals surface area contributed by atoms with Gasteiger partial charge in [-0.15, -0.1) is 0 Å². The van der Waals surface area contributed by atoms with Crippen molar-refractivity contribution in [3.8, 4) is 0 Å². The van der Waals surface area contributed by atoms with Crippen molar-refractivity contribution in [2.75, 3.05) is 13.2 Å². The van der Waals surface area contributed by atoms with Gasteiger partial charge in [0.05, 0.1) is 13.2 Å². The molecule has 1 heterocycles. The molecule has 0 spiro atoms. The van der Waals surface area contributed by atoms with Crippen molar-refractivity contribution in [2.45, 2.75) is 19.8 Å². The Bertz CT molecular complexity index is 340. The molecule has 1 aromatic rings. The Balaban J connectivity index is 2.40. The predicted molar refractivity (Wildman–Crippen MR) is 51.7 cm³/mol. The van der Waals surface area contributed by atoms with Crippen LogP contribution in [0.1, 0.15) is 16.7 Å². The highest BCUT2D eigenvalue weighted by Gasteiger charge is 2.37. The van der Waals surface area contributed by atoms with Gasteiger partial charge >= 0.3 is 5.97 Å². The third kappa shape index (κ3) is 1.54. The average Bonchev–Trinajstić information content (AvgIpc) is 2.52. The molecular weight excluding hydrogens is 180 g/mol. The molecule has 1 saturated heterocycles. The third-order valence-electron chi connectivity index (χ3n) is 2.40. The van der Waals surface area contributed by atoms with Crippen LogP contribution in [0.2, 0.25) is 0 Å². The van der Waals surface area contributed by atoms with Crippen LogP contribution < -0.4 is 0 Å². The monoisotopic (exact) mass is 194 g/mol. The Kier molecular flexibility index (Phi) is 2.31. The fourth-order valence-electron chi connectivity index (χ4n) is 1.73. The predicted octanol–water partition coefficient (Wildman–Crippen LogP) is 1.45. The van der Waals surface area contributed by atoms with E-state index in [1.165, 1.54) is 0 Å². The van der Waals surface area contributed by atoms with Crippen LogP contribution >= 0.6 is 0 Å². The van der Waals surface area contributed by atoms with E-state index in [1.54, 1.807) is 0 Å². The number of aliphatic hydroxyl groups is 1. The highest BCUT2D eigenvalue weighted by molar-refractivity contribution is 5.32. The van der Waals surface area contributed by atoms with Gasteiger partial charge in [0.2, 0.25) is 0 Å². The van der Waals surface area contributed by atoms with E-state index in [9.17, 15) is 5.11 Å². The quantitative estimate of drug-likeness (QED) is 0.735. The van der Waals surface area contributed by atoms with Gasteiger partial charge in [0.1, 0.15) is 0 Å². The van der Waals surface area contributed by atoms with E-state index in [1.807, 2.05) is 32.0 Å². The van der Waals surface area contributed by atoms with Gasteiger partial charge in [0.15, 0.2) is 0 Å². The second kappa shape index (κ2) is 3.35. The minimum atomic E-state index is -1.53. The molecule has 0 radical (unpaired) electrons. The summed E-state index contributed by atoms with van der Waals surface area (Å²) in [7, 11) is 0. The molecule has 0 aliphatic carbocycles. The summed E-state index contributed by atoms with van der Waals surface area (Å²) in [6.07, 6.45) is 0. The Morgan fingerprint density at radius 2 is 1.86 bits per heavy atom. The Hall–Kier alpha value is -0.900. The standard InChI is InChI=1S/C11H14O3/c1-8-3-4-10(9(2)7-8)11(12)13-5-6-14-11/h3-4,7,12H,5-6H2,1-2H3. The molecule has 2 rings (SSSR count). The van der Waals surface area contributed by atoms with Crippen molar-refractivity contribution in [1.82, 2.24) is 0 Å². The SMILES string of the molecule is Cc1ccc(C2(O)OCCO2)c(C)c1. The lowest BCUT2D eigenvalue weighted by molar-refractivity contribution is -0.317. The van der Waals surface area contributed by atoms with E-state index in [0.29, 0.717) is 18.8 Å². The van der Waals surface area contributed by atoms with Crippen LogP contribution in [0.3, 0.4) is 0 Å². The largest absolute Gasteiger partial charge is 0.339 e. The maximum absolute atomic E-state index is 9.99. The van der Waals surface area contributed by atoms with Gasteiger partial charge in [-0.2, -0.15) is 0 Å². The van der Waals surface area contributed by atoms with E-state index in [0.717, 1.165) is 11.1 Å². The van der Waals surface area contributed by atoms with Crippen molar-refractivity contribution in [3.63, 3.8) is 0 Å². The van der Waals surface area contributed by atoms with E-state index in [2.05, 4.69) is 0 Å². The molecule has 76 valence electrons. The molecule has 1 aliphatic heterocycles. The van der Waals surface area contributed by atoms with Crippen LogP contribution in [0.15, 0.2) is 18.2 Å². The Labute approximate surface area is 83.3 Å². The van der Waals surface area contributed by atoms with Gasteiger partial charge in [0, 0.05) is 5.56 Å². The molecule has 3 heteroatoms. The minimum Gasteiger partial charge on any atom is -0.339 e. The first-order valence-electron chi connectivity index (χ1n) is 4.70. The zero-order valence-corrected chi connectivity index (χ0v) is 8.41. The second-order valence-corrected chi connectivity index (χ2v) is 3.60. The molecule has 1 aromatic carbocycles. The summed E-state index contributed by atoms with van der Waals surface area (Å²) in [4.78, 5) is 0. The van der Waals surface area contributed by atoms with E-state index in [-0.39, 0.29) is 0 Å². The molecule has 3 nitrogen and oxygen atoms in total. The van der Waals surface area contributed by atoms with Crippen molar-refractivity contribution in [3.05, 3.63) is 34.9 Å². The first kappa shape index (κ1) is 9.65. The number of rotatable bonds is 1. The smallest absolute Gasteiger partial charge is 0.309 e. The highest BCUT2D eigenvalue weighted by Crippen LogP contribution is 2.30. The maximum atomic E-state index is 9.99. The average molecular weight is 194 g/mol. The first-order chi connectivity index (χ1) is 6.62. The van der Waals surface area contributed by atoms with Crippen molar-refractivity contribution >= 4 is 0 Å². The fourth-order valence-corrected chi connectivity index (χ4v) is 1.73. The molecule has 0 amide bonds. The van der Waals surface area contributed by atoms with Gasteiger partial charge in [-0.1, -0.05) is 23.8 Å². The third-order valence-corrected chi connectivity index (χ3v) is 2.40. The van der Waals surface area contributed by atoms with Gasteiger partial charge in [-0.3, -0.25) is 0 Å². The summed E-state index contributed by atoms with van der Waals surface area (Å²) < 4.78 is 10.4. The lowest BCUT2D eigenvalue weighted by atomic mass is 10.0. The lowest BCUT2D eigenvalue weighted by Crippen LogP contribution is -2.27. The molecule has 1 N–H and O–H groups in total. The molecule has 1 fully saturated rings. The highest BCUT2D eigenvalue weighted by atomic mass is 16.8. The van der Waals surface area contributed by atoms with Crippen LogP contribution in [0, 0.1) is 13.8 Å². The molecule has 0 aromatic heterocycles. The van der Waals surface area contributed by atoms with Crippen molar-refractivity contribution in [2.24, 2.45) is 0 Å². The molecule has 0 unspecified atom stereocenters. The van der Waals surface area contributed by atoms with Crippen LogP contribution in [0.25, 0.3) is 0 Å². The van der Waals surface area contributed by atoms with Gasteiger partial charge < -0.3 is 14.6 Å². The first-order valence-corrected chi connectivity index (χ1v) is 4.70. The zero-order chi connectivity index (χ0) is 10.2. The lowest BCUT2D eigenvalue weighted by Gasteiger charge is -2.22. The summed E-state index contributed by atoms with van der Waals surface area (Å²) in [6.45, 7) is 4.82. The van der Waals surface area contributed by atoms with Crippen molar-refractivity contribution < 1.29 is 14.6 Å². The number of benzene rings is 1. The van der Waals surface area contributed by atoms with Crippen LogP contribution in [-0.4, -0.2) is 18.3 Å². The topological polar surface area (TPSA) is 38.7 Å². The van der Waals surface area contributed by atoms with Crippen LogP contribution in [-0.2, 0) is 15.4 Å². The molecule has 0 saturated carbocycles.